The van der Waals surface area contributed by atoms with Crippen molar-refractivity contribution >= 4 is 0 Å². The molecule has 2 aromatic carbocycles. The van der Waals surface area contributed by atoms with E-state index in [1.165, 1.54) is 29.5 Å². The van der Waals surface area contributed by atoms with Crippen LogP contribution in [0.2, 0.25) is 0 Å². The summed E-state index contributed by atoms with van der Waals surface area (Å²) in [7, 11) is 0. The van der Waals surface area contributed by atoms with Gasteiger partial charge in [0.1, 0.15) is 0 Å². The zero-order chi connectivity index (χ0) is 17.5. The summed E-state index contributed by atoms with van der Waals surface area (Å²) in [5, 5.41) is 3.65. The van der Waals surface area contributed by atoms with Crippen LogP contribution in [0.3, 0.4) is 0 Å². The number of hydrogen-bond acceptors (Lipinski definition) is 1. The Morgan fingerprint density at radius 2 is 1.35 bits per heavy atom. The second-order valence-electron chi connectivity index (χ2n) is 4.66. The van der Waals surface area contributed by atoms with Crippen molar-refractivity contribution in [1.82, 2.24) is 5.32 Å². The van der Waals surface area contributed by atoms with E-state index in [2.05, 4.69) is 59.9 Å². The van der Waals surface area contributed by atoms with Crippen LogP contribution >= 0.6 is 0 Å². The minimum atomic E-state index is 0.534. The predicted octanol–water partition coefficient (Wildman–Crippen LogP) is 6.54. The zero-order valence-electron chi connectivity index (χ0n) is 15.9. The lowest BCUT2D eigenvalue weighted by atomic mass is 10.1. The Labute approximate surface area is 144 Å². The molecule has 1 aliphatic rings. The van der Waals surface area contributed by atoms with E-state index < -0.39 is 0 Å². The van der Waals surface area contributed by atoms with Gasteiger partial charge >= 0.3 is 0 Å². The van der Waals surface area contributed by atoms with E-state index in [1.54, 1.807) is 0 Å². The van der Waals surface area contributed by atoms with Gasteiger partial charge in [0.2, 0.25) is 0 Å². The predicted molar refractivity (Wildman–Crippen MR) is 105 cm³/mol. The van der Waals surface area contributed by atoms with Crippen molar-refractivity contribution in [2.24, 2.45) is 0 Å². The third kappa shape index (κ3) is 7.00. The molecule has 3 rings (SSSR count). The minimum absolute atomic E-state index is 0.534. The van der Waals surface area contributed by atoms with Gasteiger partial charge < -0.3 is 5.32 Å². The number of fused-ring (bicyclic) bond motifs is 1. The monoisotopic (exact) mass is 313 g/mol. The molecule has 0 amide bonds. The molecule has 1 heteroatoms. The van der Waals surface area contributed by atoms with Crippen molar-refractivity contribution < 1.29 is 0 Å². The van der Waals surface area contributed by atoms with Crippen LogP contribution in [-0.2, 0) is 13.0 Å². The lowest BCUT2D eigenvalue weighted by Gasteiger charge is -2.13. The van der Waals surface area contributed by atoms with Gasteiger partial charge in [0.15, 0.2) is 0 Å². The second-order valence-corrected chi connectivity index (χ2v) is 4.66. The van der Waals surface area contributed by atoms with Crippen LogP contribution in [0.1, 0.15) is 70.7 Å². The highest BCUT2D eigenvalue weighted by Gasteiger charge is 2.20. The van der Waals surface area contributed by atoms with Crippen LogP contribution in [0.25, 0.3) is 0 Å². The molecule has 1 aliphatic carbocycles. The Morgan fingerprint density at radius 3 is 2.00 bits per heavy atom. The summed E-state index contributed by atoms with van der Waals surface area (Å²) in [6.45, 7) is 13.0. The van der Waals surface area contributed by atoms with Gasteiger partial charge in [0.25, 0.3) is 0 Å². The molecule has 0 bridgehead atoms. The summed E-state index contributed by atoms with van der Waals surface area (Å²) in [5.41, 5.74) is 4.36. The molecule has 1 nitrogen and oxygen atoms in total. The molecular formula is C22H35N. The fourth-order valence-corrected chi connectivity index (χ4v) is 2.61. The maximum Gasteiger partial charge on any atom is 0.0329 e. The smallest absolute Gasteiger partial charge is 0.0329 e. The summed E-state index contributed by atoms with van der Waals surface area (Å²) in [5.74, 6) is 0. The van der Waals surface area contributed by atoms with Gasteiger partial charge in [-0.1, -0.05) is 96.1 Å². The molecule has 1 atom stereocenters. The average molecular weight is 314 g/mol. The van der Waals surface area contributed by atoms with Gasteiger partial charge in [-0.15, -0.1) is 0 Å². The van der Waals surface area contributed by atoms with Crippen molar-refractivity contribution in [1.29, 1.82) is 0 Å². The highest BCUT2D eigenvalue weighted by atomic mass is 14.9. The van der Waals surface area contributed by atoms with E-state index in [-0.39, 0.29) is 0 Å². The normalized spacial score (nSPS) is 14.1. The van der Waals surface area contributed by atoms with Crippen molar-refractivity contribution in [3.8, 4) is 0 Å². The second kappa shape index (κ2) is 14.0. The van der Waals surface area contributed by atoms with Crippen LogP contribution in [0.4, 0.5) is 0 Å². The van der Waals surface area contributed by atoms with E-state index in [1.807, 2.05) is 41.5 Å². The lowest BCUT2D eigenvalue weighted by Crippen LogP contribution is -2.18. The first kappa shape index (κ1) is 21.4. The van der Waals surface area contributed by atoms with Crippen LogP contribution < -0.4 is 5.32 Å². The fraction of sp³-hybridized carbons (Fsp3) is 0.455. The highest BCUT2D eigenvalue weighted by Crippen LogP contribution is 2.30. The van der Waals surface area contributed by atoms with Crippen molar-refractivity contribution in [2.75, 3.05) is 0 Å². The third-order valence-electron chi connectivity index (χ3n) is 3.53. The molecule has 1 unspecified atom stereocenters. The van der Waals surface area contributed by atoms with Crippen molar-refractivity contribution in [3.05, 3.63) is 71.3 Å². The highest BCUT2D eigenvalue weighted by molar-refractivity contribution is 5.34. The molecule has 0 radical (unpaired) electrons. The number of benzene rings is 2. The van der Waals surface area contributed by atoms with Gasteiger partial charge in [0, 0.05) is 12.6 Å². The van der Waals surface area contributed by atoms with Gasteiger partial charge in [-0.25, -0.2) is 0 Å². The maximum atomic E-state index is 3.65. The third-order valence-corrected chi connectivity index (χ3v) is 3.53. The summed E-state index contributed by atoms with van der Waals surface area (Å²) >= 11 is 0. The van der Waals surface area contributed by atoms with Gasteiger partial charge in [-0.2, -0.15) is 0 Å². The number of aryl methyl sites for hydroxylation is 1. The van der Waals surface area contributed by atoms with Crippen molar-refractivity contribution in [3.63, 3.8) is 0 Å². The molecule has 0 spiro atoms. The SMILES string of the molecule is CC.CC.CC.c1ccc(CNC2CCc3ccccc32)cc1. The Morgan fingerprint density at radius 1 is 0.783 bits per heavy atom. The van der Waals surface area contributed by atoms with Crippen LogP contribution in [0.15, 0.2) is 54.6 Å². The summed E-state index contributed by atoms with van der Waals surface area (Å²) in [6.07, 6.45) is 2.44. The molecule has 0 aliphatic heterocycles. The summed E-state index contributed by atoms with van der Waals surface area (Å²) < 4.78 is 0. The Balaban J connectivity index is 0.000000728. The Kier molecular flexibility index (Phi) is 13.0. The fourth-order valence-electron chi connectivity index (χ4n) is 2.61. The van der Waals surface area contributed by atoms with E-state index in [4.69, 9.17) is 0 Å². The molecule has 2 aromatic rings. The van der Waals surface area contributed by atoms with E-state index in [0.29, 0.717) is 6.04 Å². The Hall–Kier alpha value is -1.60. The standard InChI is InChI=1S/C16H17N.3C2H6/c1-2-6-13(7-3-1)12-17-16-11-10-14-8-4-5-9-15(14)16;3*1-2/h1-9,16-17H,10-12H2;3*1-2H3. The molecule has 0 aromatic heterocycles. The maximum absolute atomic E-state index is 3.65. The van der Waals surface area contributed by atoms with E-state index in [0.717, 1.165) is 6.54 Å². The van der Waals surface area contributed by atoms with Crippen LogP contribution in [0, 0.1) is 0 Å². The molecule has 0 heterocycles. The number of rotatable bonds is 3. The lowest BCUT2D eigenvalue weighted by molar-refractivity contribution is 0.530. The summed E-state index contributed by atoms with van der Waals surface area (Å²) in [4.78, 5) is 0. The molecule has 128 valence electrons. The van der Waals surface area contributed by atoms with Crippen molar-refractivity contribution in [2.45, 2.75) is 67.0 Å². The van der Waals surface area contributed by atoms with E-state index >= 15 is 0 Å². The summed E-state index contributed by atoms with van der Waals surface area (Å²) in [6, 6.07) is 19.9. The van der Waals surface area contributed by atoms with Gasteiger partial charge in [-0.05, 0) is 29.5 Å². The first-order chi connectivity index (χ1) is 11.4. The topological polar surface area (TPSA) is 12.0 Å². The number of hydrogen-bond donors (Lipinski definition) is 1. The molecule has 0 saturated carbocycles. The Bertz CT molecular complexity index is 490. The molecule has 0 fully saturated rings. The molecule has 1 N–H and O–H groups in total. The molecule has 23 heavy (non-hydrogen) atoms. The number of nitrogens with one attached hydrogen (secondary N) is 1. The van der Waals surface area contributed by atoms with Crippen LogP contribution in [-0.4, -0.2) is 0 Å². The van der Waals surface area contributed by atoms with Gasteiger partial charge in [0.05, 0.1) is 0 Å². The van der Waals surface area contributed by atoms with Gasteiger partial charge in [-0.3, -0.25) is 0 Å². The first-order valence-corrected chi connectivity index (χ1v) is 9.28. The zero-order valence-corrected chi connectivity index (χ0v) is 15.9. The van der Waals surface area contributed by atoms with E-state index in [9.17, 15) is 0 Å². The first-order valence-electron chi connectivity index (χ1n) is 9.28. The van der Waals surface area contributed by atoms with Crippen LogP contribution in [0.5, 0.6) is 0 Å². The minimum Gasteiger partial charge on any atom is -0.306 e. The average Bonchev–Trinajstić information content (AvgIpc) is 3.09. The molecular weight excluding hydrogens is 278 g/mol. The largest absolute Gasteiger partial charge is 0.306 e. The molecule has 0 saturated heterocycles. The quantitative estimate of drug-likeness (QED) is 0.678.